The van der Waals surface area contributed by atoms with Gasteiger partial charge in [-0.05, 0) is 88.6 Å². The molecule has 9 nitrogen and oxygen atoms in total. The number of urea groups is 1. The zero-order chi connectivity index (χ0) is 34.8. The number of hydrogen-bond acceptors (Lipinski definition) is 6. The minimum Gasteiger partial charge on any atom is -0.490 e. The van der Waals surface area contributed by atoms with E-state index in [0.717, 1.165) is 49.0 Å². The average molecular weight is 673 g/mol. The smallest absolute Gasteiger partial charge is 0.323 e. The predicted molar refractivity (Wildman–Crippen MR) is 198 cm³/mol. The fourth-order valence-corrected chi connectivity index (χ4v) is 7.27. The highest BCUT2D eigenvalue weighted by molar-refractivity contribution is 6.07. The molecule has 1 heterocycles. The summed E-state index contributed by atoms with van der Waals surface area (Å²) in [5, 5.41) is 18.1. The number of benzene rings is 3. The van der Waals surface area contributed by atoms with Crippen LogP contribution in [0.4, 0.5) is 16.2 Å². The second-order valence-electron chi connectivity index (χ2n) is 14.3. The van der Waals surface area contributed by atoms with Gasteiger partial charge in [-0.25, -0.2) is 4.79 Å². The SMILES string of the molecule is C[C@@H]1CN([C@H](C)CO)C(=O)c2cc(NC(=O)Nc3cccc4ccccc34)ccc2O[C@@H](C)CCCCO[C@@H]1CN(C)CC1CCCCC1. The summed E-state index contributed by atoms with van der Waals surface area (Å²) in [6.45, 7) is 8.78. The van der Waals surface area contributed by atoms with E-state index >= 15 is 0 Å². The fraction of sp³-hybridized carbons (Fsp3) is 0.550. The minimum absolute atomic E-state index is 0.0192. The van der Waals surface area contributed by atoms with Gasteiger partial charge in [0.2, 0.25) is 0 Å². The highest BCUT2D eigenvalue weighted by atomic mass is 16.5. The third-order valence-corrected chi connectivity index (χ3v) is 10.1. The highest BCUT2D eigenvalue weighted by Gasteiger charge is 2.31. The second-order valence-corrected chi connectivity index (χ2v) is 14.3. The Kier molecular flexibility index (Phi) is 13.3. The first-order valence-electron chi connectivity index (χ1n) is 18.3. The van der Waals surface area contributed by atoms with E-state index in [1.54, 1.807) is 23.1 Å². The first kappa shape index (κ1) is 36.6. The van der Waals surface area contributed by atoms with Crippen LogP contribution in [0.25, 0.3) is 10.8 Å². The van der Waals surface area contributed by atoms with Gasteiger partial charge in [0, 0.05) is 43.2 Å². The van der Waals surface area contributed by atoms with Gasteiger partial charge in [-0.1, -0.05) is 62.6 Å². The maximum absolute atomic E-state index is 14.5. The van der Waals surface area contributed by atoms with Crippen LogP contribution in [0.15, 0.2) is 60.7 Å². The van der Waals surface area contributed by atoms with Crippen molar-refractivity contribution in [3.63, 3.8) is 0 Å². The van der Waals surface area contributed by atoms with Crippen LogP contribution in [-0.4, -0.2) is 85.0 Å². The van der Waals surface area contributed by atoms with Gasteiger partial charge >= 0.3 is 6.03 Å². The third kappa shape index (κ3) is 10.2. The lowest BCUT2D eigenvalue weighted by Crippen LogP contribution is -2.47. The van der Waals surface area contributed by atoms with Gasteiger partial charge in [-0.15, -0.1) is 0 Å². The lowest BCUT2D eigenvalue weighted by molar-refractivity contribution is -0.0190. The first-order chi connectivity index (χ1) is 23.7. The van der Waals surface area contributed by atoms with E-state index in [-0.39, 0.29) is 30.6 Å². The number of ether oxygens (including phenoxy) is 2. The quantitative estimate of drug-likeness (QED) is 0.226. The lowest BCUT2D eigenvalue weighted by Gasteiger charge is -2.36. The average Bonchev–Trinajstić information content (AvgIpc) is 3.10. The molecule has 3 amide bonds. The van der Waals surface area contributed by atoms with Gasteiger partial charge in [-0.2, -0.15) is 0 Å². The predicted octanol–water partition coefficient (Wildman–Crippen LogP) is 7.79. The van der Waals surface area contributed by atoms with E-state index in [1.807, 2.05) is 56.3 Å². The van der Waals surface area contributed by atoms with Crippen molar-refractivity contribution in [2.75, 3.05) is 50.5 Å². The van der Waals surface area contributed by atoms with Crippen LogP contribution < -0.4 is 15.4 Å². The summed E-state index contributed by atoms with van der Waals surface area (Å²) in [5.41, 5.74) is 1.52. The molecule has 1 aliphatic carbocycles. The number of nitrogens with one attached hydrogen (secondary N) is 2. The molecule has 3 aromatic rings. The highest BCUT2D eigenvalue weighted by Crippen LogP contribution is 2.30. The Labute approximate surface area is 292 Å². The van der Waals surface area contributed by atoms with Crippen LogP contribution in [-0.2, 0) is 4.74 Å². The summed E-state index contributed by atoms with van der Waals surface area (Å²) in [5.74, 6) is 0.971. The van der Waals surface area contributed by atoms with Gasteiger partial charge in [0.25, 0.3) is 5.91 Å². The Balaban J connectivity index is 1.37. The number of carbonyl (C=O) groups excluding carboxylic acids is 2. The number of amides is 3. The van der Waals surface area contributed by atoms with Gasteiger partial charge in [0.05, 0.1) is 36.1 Å². The van der Waals surface area contributed by atoms with E-state index in [0.29, 0.717) is 35.8 Å². The number of aliphatic hydroxyl groups is 1. The molecule has 266 valence electrons. The van der Waals surface area contributed by atoms with E-state index in [2.05, 4.69) is 29.5 Å². The second kappa shape index (κ2) is 17.8. The molecule has 0 radical (unpaired) electrons. The van der Waals surface area contributed by atoms with Crippen molar-refractivity contribution in [3.05, 3.63) is 66.2 Å². The molecule has 4 atom stereocenters. The number of carbonyl (C=O) groups is 2. The molecule has 1 saturated carbocycles. The molecule has 3 aromatic carbocycles. The third-order valence-electron chi connectivity index (χ3n) is 10.1. The summed E-state index contributed by atoms with van der Waals surface area (Å²) >= 11 is 0. The summed E-state index contributed by atoms with van der Waals surface area (Å²) in [7, 11) is 2.19. The van der Waals surface area contributed by atoms with Gasteiger partial charge < -0.3 is 35.0 Å². The van der Waals surface area contributed by atoms with Crippen LogP contribution in [0.1, 0.15) is 82.5 Å². The molecule has 9 heteroatoms. The number of anilines is 2. The zero-order valence-corrected chi connectivity index (χ0v) is 29.8. The number of rotatable bonds is 8. The van der Waals surface area contributed by atoms with Crippen LogP contribution in [0, 0.1) is 11.8 Å². The Morgan fingerprint density at radius 1 is 0.959 bits per heavy atom. The van der Waals surface area contributed by atoms with E-state index < -0.39 is 12.1 Å². The Morgan fingerprint density at radius 3 is 2.51 bits per heavy atom. The monoisotopic (exact) mass is 672 g/mol. The van der Waals surface area contributed by atoms with Crippen LogP contribution >= 0.6 is 0 Å². The van der Waals surface area contributed by atoms with Gasteiger partial charge in [-0.3, -0.25) is 4.79 Å². The van der Waals surface area contributed by atoms with Crippen molar-refractivity contribution in [1.82, 2.24) is 9.80 Å². The molecule has 0 unspecified atom stereocenters. The summed E-state index contributed by atoms with van der Waals surface area (Å²) in [4.78, 5) is 31.8. The summed E-state index contributed by atoms with van der Waals surface area (Å²) in [6.07, 6.45) is 9.10. The summed E-state index contributed by atoms with van der Waals surface area (Å²) < 4.78 is 12.9. The van der Waals surface area contributed by atoms with Crippen LogP contribution in [0.3, 0.4) is 0 Å². The van der Waals surface area contributed by atoms with Crippen molar-refractivity contribution in [2.24, 2.45) is 11.8 Å². The van der Waals surface area contributed by atoms with Crippen molar-refractivity contribution >= 4 is 34.1 Å². The molecule has 0 saturated heterocycles. The molecule has 0 aromatic heterocycles. The van der Waals surface area contributed by atoms with Gasteiger partial charge in [0.1, 0.15) is 5.75 Å². The number of aliphatic hydroxyl groups excluding tert-OH is 1. The topological polar surface area (TPSA) is 103 Å². The standard InChI is InChI=1S/C40H56N4O5/c1-28-24-44(29(2)27-45)39(46)35-23-33(41-40(47)42-36-19-12-17-32-16-8-9-18-34(32)36)20-21-37(35)49-30(3)13-10-11-22-48-38(28)26-43(4)25-31-14-6-5-7-15-31/h8-9,12,16-21,23,28-31,38,45H,5-7,10-11,13-15,22,24-27H2,1-4H3,(H2,41,42,47)/t28-,29-,30+,38-/m1/s1. The van der Waals surface area contributed by atoms with E-state index in [1.165, 1.54) is 32.1 Å². The van der Waals surface area contributed by atoms with Gasteiger partial charge in [0.15, 0.2) is 0 Å². The zero-order valence-electron chi connectivity index (χ0n) is 29.8. The van der Waals surface area contributed by atoms with Crippen molar-refractivity contribution < 1.29 is 24.2 Å². The summed E-state index contributed by atoms with van der Waals surface area (Å²) in [6, 6.07) is 18.0. The fourth-order valence-electron chi connectivity index (χ4n) is 7.27. The molecule has 1 aliphatic heterocycles. The lowest BCUT2D eigenvalue weighted by atomic mass is 9.89. The van der Waals surface area contributed by atoms with E-state index in [9.17, 15) is 14.7 Å². The Bertz CT molecular complexity index is 1520. The number of hydrogen-bond donors (Lipinski definition) is 3. The van der Waals surface area contributed by atoms with E-state index in [4.69, 9.17) is 9.47 Å². The largest absolute Gasteiger partial charge is 0.490 e. The number of likely N-dealkylation sites (N-methyl/N-ethyl adjacent to an activating group) is 1. The van der Waals surface area contributed by atoms with Crippen LogP contribution in [0.2, 0.25) is 0 Å². The maximum atomic E-state index is 14.5. The molecule has 0 bridgehead atoms. The number of nitrogens with zero attached hydrogens (tertiary/aromatic N) is 2. The number of fused-ring (bicyclic) bond motifs is 2. The molecule has 49 heavy (non-hydrogen) atoms. The van der Waals surface area contributed by atoms with Crippen molar-refractivity contribution in [3.8, 4) is 5.75 Å². The first-order valence-corrected chi connectivity index (χ1v) is 18.3. The van der Waals surface area contributed by atoms with Crippen molar-refractivity contribution in [1.29, 1.82) is 0 Å². The molecule has 3 N–H and O–H groups in total. The molecule has 2 aliphatic rings. The molecule has 1 fully saturated rings. The van der Waals surface area contributed by atoms with Crippen molar-refractivity contribution in [2.45, 2.75) is 90.4 Å². The maximum Gasteiger partial charge on any atom is 0.323 e. The minimum atomic E-state index is -0.431. The molecular weight excluding hydrogens is 616 g/mol. The Morgan fingerprint density at radius 2 is 1.71 bits per heavy atom. The molecule has 5 rings (SSSR count). The normalized spacial score (nSPS) is 22.2. The molecule has 0 spiro atoms. The Hall–Kier alpha value is -3.66. The molecular formula is C40H56N4O5. The van der Waals surface area contributed by atoms with Crippen LogP contribution in [0.5, 0.6) is 5.75 Å².